The average Bonchev–Trinajstić information content (AvgIpc) is 3.41. The maximum atomic E-state index is 13.7. The fraction of sp³-hybridized carbons (Fsp3) is 0.231. The van der Waals surface area contributed by atoms with Crippen LogP contribution in [-0.4, -0.2) is 23.4 Å². The molecular weight excluding hydrogens is 461 g/mol. The van der Waals surface area contributed by atoms with Gasteiger partial charge in [0.15, 0.2) is 0 Å². The first kappa shape index (κ1) is 23.6. The molecule has 3 aromatic rings. The summed E-state index contributed by atoms with van der Waals surface area (Å²) in [7, 11) is 0. The lowest BCUT2D eigenvalue weighted by Crippen LogP contribution is -2.29. The summed E-state index contributed by atoms with van der Waals surface area (Å²) in [5, 5.41) is 11.0. The van der Waals surface area contributed by atoms with Crippen molar-refractivity contribution in [3.8, 4) is 5.75 Å². The molecule has 1 aromatic heterocycles. The molecule has 0 spiro atoms. The maximum Gasteiger partial charge on any atom is 0.300 e. The fourth-order valence-electron chi connectivity index (χ4n) is 3.82. The van der Waals surface area contributed by atoms with Crippen molar-refractivity contribution in [2.24, 2.45) is 5.92 Å². The van der Waals surface area contributed by atoms with Gasteiger partial charge in [0.05, 0.1) is 23.5 Å². The van der Waals surface area contributed by atoms with Crippen LogP contribution in [0, 0.1) is 18.7 Å². The first-order chi connectivity index (χ1) is 16.2. The predicted molar refractivity (Wildman–Crippen MR) is 126 cm³/mol. The van der Waals surface area contributed by atoms with Gasteiger partial charge in [0.2, 0.25) is 0 Å². The molecule has 1 fully saturated rings. The number of hydrogen-bond donors (Lipinski definition) is 1. The van der Waals surface area contributed by atoms with Gasteiger partial charge >= 0.3 is 0 Å². The molecule has 176 valence electrons. The lowest BCUT2D eigenvalue weighted by Gasteiger charge is -2.23. The lowest BCUT2D eigenvalue weighted by atomic mass is 9.98. The van der Waals surface area contributed by atoms with E-state index in [2.05, 4.69) is 0 Å². The Labute approximate surface area is 201 Å². The molecule has 0 radical (unpaired) electrons. The summed E-state index contributed by atoms with van der Waals surface area (Å²) in [6.07, 6.45) is 1.40. The van der Waals surface area contributed by atoms with E-state index < -0.39 is 23.5 Å². The van der Waals surface area contributed by atoms with E-state index in [1.165, 1.54) is 18.4 Å². The van der Waals surface area contributed by atoms with Gasteiger partial charge < -0.3 is 14.3 Å². The number of Topliss-reactive ketones (excluding diaryl/α,β-unsaturated/α-hetero) is 1. The van der Waals surface area contributed by atoms with Gasteiger partial charge in [-0.2, -0.15) is 0 Å². The molecule has 34 heavy (non-hydrogen) atoms. The zero-order chi connectivity index (χ0) is 24.6. The average molecular weight is 484 g/mol. The number of halogens is 2. The summed E-state index contributed by atoms with van der Waals surface area (Å²) >= 11 is 5.93. The summed E-state index contributed by atoms with van der Waals surface area (Å²) in [4.78, 5) is 27.3. The number of ether oxygens (including phenoxy) is 1. The van der Waals surface area contributed by atoms with E-state index in [0.717, 1.165) is 16.5 Å². The van der Waals surface area contributed by atoms with Gasteiger partial charge in [-0.1, -0.05) is 25.4 Å². The minimum atomic E-state index is -1.06. The monoisotopic (exact) mass is 483 g/mol. The van der Waals surface area contributed by atoms with Gasteiger partial charge in [-0.15, -0.1) is 0 Å². The fourth-order valence-corrected chi connectivity index (χ4v) is 4.00. The number of carbonyl (C=O) groups excluding carboxylic acids is 2. The van der Waals surface area contributed by atoms with E-state index in [4.69, 9.17) is 20.8 Å². The smallest absolute Gasteiger partial charge is 0.300 e. The maximum absolute atomic E-state index is 13.7. The molecule has 1 aliphatic rings. The number of carbonyl (C=O) groups is 2. The molecule has 1 atom stereocenters. The van der Waals surface area contributed by atoms with Crippen LogP contribution in [0.3, 0.4) is 0 Å². The molecule has 1 N–H and O–H groups in total. The highest BCUT2D eigenvalue weighted by Gasteiger charge is 2.48. The third-order valence-corrected chi connectivity index (χ3v) is 5.75. The van der Waals surface area contributed by atoms with E-state index >= 15 is 0 Å². The Morgan fingerprint density at radius 3 is 2.59 bits per heavy atom. The van der Waals surface area contributed by atoms with Crippen molar-refractivity contribution in [3.63, 3.8) is 0 Å². The number of anilines is 1. The van der Waals surface area contributed by atoms with Crippen LogP contribution in [-0.2, 0) is 9.59 Å². The van der Waals surface area contributed by atoms with E-state index in [1.807, 2.05) is 20.8 Å². The van der Waals surface area contributed by atoms with Gasteiger partial charge in [0.25, 0.3) is 11.7 Å². The minimum absolute atomic E-state index is 0.143. The Hall–Kier alpha value is -3.58. The molecule has 2 aromatic carbocycles. The molecule has 1 amide bonds. The second-order valence-electron chi connectivity index (χ2n) is 8.47. The van der Waals surface area contributed by atoms with Crippen LogP contribution in [0.2, 0.25) is 5.02 Å². The van der Waals surface area contributed by atoms with Crippen molar-refractivity contribution < 1.29 is 28.2 Å². The van der Waals surface area contributed by atoms with E-state index in [9.17, 15) is 19.1 Å². The number of benzene rings is 2. The molecule has 0 bridgehead atoms. The number of amides is 1. The first-order valence-electron chi connectivity index (χ1n) is 10.7. The number of hydrogen-bond acceptors (Lipinski definition) is 5. The Morgan fingerprint density at radius 2 is 1.97 bits per heavy atom. The number of aliphatic hydroxyl groups excluding tert-OH is 1. The predicted octanol–water partition coefficient (Wildman–Crippen LogP) is 6.04. The SMILES string of the molecule is Cc1cc(/C(O)=C2/C(=O)C(=O)N(c3ccc(F)c(Cl)c3)C2c2ccco2)ccc1OCC(C)C. The van der Waals surface area contributed by atoms with Gasteiger partial charge in [-0.3, -0.25) is 14.5 Å². The molecule has 1 saturated heterocycles. The zero-order valence-electron chi connectivity index (χ0n) is 18.8. The van der Waals surface area contributed by atoms with Gasteiger partial charge in [0.1, 0.15) is 29.1 Å². The van der Waals surface area contributed by atoms with Gasteiger partial charge in [-0.25, -0.2) is 4.39 Å². The van der Waals surface area contributed by atoms with Crippen LogP contribution in [0.15, 0.2) is 64.8 Å². The van der Waals surface area contributed by atoms with E-state index in [1.54, 1.807) is 30.3 Å². The topological polar surface area (TPSA) is 80.0 Å². The van der Waals surface area contributed by atoms with Crippen molar-refractivity contribution in [2.45, 2.75) is 26.8 Å². The molecular formula is C26H23ClFNO5. The Kier molecular flexibility index (Phi) is 6.48. The molecule has 4 rings (SSSR count). The molecule has 6 nitrogen and oxygen atoms in total. The van der Waals surface area contributed by atoms with E-state index in [0.29, 0.717) is 23.8 Å². The van der Waals surface area contributed by atoms with Crippen LogP contribution in [0.4, 0.5) is 10.1 Å². The summed E-state index contributed by atoms with van der Waals surface area (Å²) in [6.45, 7) is 6.44. The third-order valence-electron chi connectivity index (χ3n) is 5.46. The first-order valence-corrected chi connectivity index (χ1v) is 11.1. The van der Waals surface area contributed by atoms with Crippen molar-refractivity contribution >= 4 is 34.7 Å². The number of ketones is 1. The van der Waals surface area contributed by atoms with Crippen LogP contribution in [0.1, 0.15) is 36.8 Å². The number of nitrogens with zero attached hydrogens (tertiary/aromatic N) is 1. The molecule has 1 aliphatic heterocycles. The minimum Gasteiger partial charge on any atom is -0.507 e. The van der Waals surface area contributed by atoms with Gasteiger partial charge in [0, 0.05) is 11.3 Å². The Morgan fingerprint density at radius 1 is 1.21 bits per heavy atom. The summed E-state index contributed by atoms with van der Waals surface area (Å²) in [5.74, 6) is -1.53. The van der Waals surface area contributed by atoms with Crippen molar-refractivity contribution in [1.82, 2.24) is 0 Å². The normalized spacial score (nSPS) is 17.6. The zero-order valence-corrected chi connectivity index (χ0v) is 19.6. The molecule has 0 aliphatic carbocycles. The second-order valence-corrected chi connectivity index (χ2v) is 8.88. The summed E-state index contributed by atoms with van der Waals surface area (Å²) in [6, 6.07) is 10.9. The van der Waals surface area contributed by atoms with Crippen LogP contribution in [0.5, 0.6) is 5.75 Å². The Balaban J connectivity index is 1.82. The summed E-state index contributed by atoms with van der Waals surface area (Å²) < 4.78 is 25.0. The van der Waals surface area contributed by atoms with Crippen molar-refractivity contribution in [2.75, 3.05) is 11.5 Å². The highest BCUT2D eigenvalue weighted by atomic mass is 35.5. The molecule has 8 heteroatoms. The van der Waals surface area contributed by atoms with Crippen LogP contribution >= 0.6 is 11.6 Å². The summed E-state index contributed by atoms with van der Waals surface area (Å²) in [5.41, 5.74) is 1.16. The number of rotatable bonds is 6. The van der Waals surface area contributed by atoms with Crippen molar-refractivity contribution in [1.29, 1.82) is 0 Å². The number of aryl methyl sites for hydroxylation is 1. The quantitative estimate of drug-likeness (QED) is 0.262. The molecule has 1 unspecified atom stereocenters. The second kappa shape index (κ2) is 9.35. The standard InChI is InChI=1S/C26H23ClFNO5/c1-14(2)13-34-20-9-6-16(11-15(20)3)24(30)22-23(21-5-4-10-33-21)29(26(32)25(22)31)17-7-8-19(28)18(27)12-17/h4-12,14,23,30H,13H2,1-3H3/b24-22-. The van der Waals surface area contributed by atoms with Crippen molar-refractivity contribution in [3.05, 3.63) is 88.1 Å². The van der Waals surface area contributed by atoms with Crippen LogP contribution < -0.4 is 9.64 Å². The van der Waals surface area contributed by atoms with Crippen LogP contribution in [0.25, 0.3) is 5.76 Å². The highest BCUT2D eigenvalue weighted by molar-refractivity contribution is 6.51. The highest BCUT2D eigenvalue weighted by Crippen LogP contribution is 2.43. The van der Waals surface area contributed by atoms with E-state index in [-0.39, 0.29) is 27.8 Å². The molecule has 0 saturated carbocycles. The third kappa shape index (κ3) is 4.31. The number of aliphatic hydroxyl groups is 1. The lowest BCUT2D eigenvalue weighted by molar-refractivity contribution is -0.132. The van der Waals surface area contributed by atoms with Gasteiger partial charge in [-0.05, 0) is 66.9 Å². The Bertz CT molecular complexity index is 1280. The molecule has 2 heterocycles. The largest absolute Gasteiger partial charge is 0.507 e. The number of furan rings is 1.